The van der Waals surface area contributed by atoms with E-state index in [0.717, 1.165) is 24.8 Å². The number of nitrogens with zero attached hydrogens (tertiary/aromatic N) is 3. The molecule has 16 heavy (non-hydrogen) atoms. The van der Waals surface area contributed by atoms with Gasteiger partial charge in [-0.25, -0.2) is 4.98 Å². The first-order valence-electron chi connectivity index (χ1n) is 6.40. The molecule has 1 aromatic rings. The summed E-state index contributed by atoms with van der Waals surface area (Å²) < 4.78 is 1.75. The number of hydrogen-bond acceptors (Lipinski definition) is 3. The molecule has 90 valence electrons. The standard InChI is InChI=1S/C12H22N4/c1-16-10-14-12(15-16)9-13-8-11-6-4-2-3-5-7-11/h10-11,13H,2-9H2,1H3. The molecule has 1 fully saturated rings. The van der Waals surface area contributed by atoms with Crippen molar-refractivity contribution in [2.75, 3.05) is 6.54 Å². The quantitative estimate of drug-likeness (QED) is 0.791. The van der Waals surface area contributed by atoms with Gasteiger partial charge in [-0.05, 0) is 25.3 Å². The number of rotatable bonds is 4. The molecular formula is C12H22N4. The van der Waals surface area contributed by atoms with Gasteiger partial charge in [0.2, 0.25) is 0 Å². The third-order valence-corrected chi connectivity index (χ3v) is 3.34. The van der Waals surface area contributed by atoms with Gasteiger partial charge in [-0.3, -0.25) is 4.68 Å². The SMILES string of the molecule is Cn1cnc(CNCC2CCCCCC2)n1. The van der Waals surface area contributed by atoms with Gasteiger partial charge < -0.3 is 5.32 Å². The summed E-state index contributed by atoms with van der Waals surface area (Å²) in [5, 5.41) is 7.73. The molecule has 0 unspecified atom stereocenters. The molecule has 0 amide bonds. The first-order chi connectivity index (χ1) is 7.84. The second kappa shape index (κ2) is 5.99. The van der Waals surface area contributed by atoms with E-state index in [-0.39, 0.29) is 0 Å². The normalized spacial score (nSPS) is 18.6. The number of nitrogens with one attached hydrogen (secondary N) is 1. The van der Waals surface area contributed by atoms with Gasteiger partial charge in [-0.2, -0.15) is 5.10 Å². The zero-order valence-electron chi connectivity index (χ0n) is 10.2. The van der Waals surface area contributed by atoms with E-state index >= 15 is 0 Å². The van der Waals surface area contributed by atoms with Gasteiger partial charge in [0.05, 0.1) is 6.54 Å². The molecule has 0 aliphatic heterocycles. The van der Waals surface area contributed by atoms with Gasteiger partial charge in [0.1, 0.15) is 6.33 Å². The summed E-state index contributed by atoms with van der Waals surface area (Å²) in [5.41, 5.74) is 0. The van der Waals surface area contributed by atoms with Crippen LogP contribution >= 0.6 is 0 Å². The molecular weight excluding hydrogens is 200 g/mol. The van der Waals surface area contributed by atoms with E-state index in [0.29, 0.717) is 0 Å². The van der Waals surface area contributed by atoms with Gasteiger partial charge >= 0.3 is 0 Å². The average molecular weight is 222 g/mol. The van der Waals surface area contributed by atoms with Gasteiger partial charge in [0, 0.05) is 7.05 Å². The molecule has 2 rings (SSSR count). The van der Waals surface area contributed by atoms with Gasteiger partial charge in [-0.1, -0.05) is 25.7 Å². The molecule has 1 N–H and O–H groups in total. The molecule has 1 aliphatic rings. The molecule has 0 spiro atoms. The second-order valence-corrected chi connectivity index (χ2v) is 4.82. The summed E-state index contributed by atoms with van der Waals surface area (Å²) in [6.45, 7) is 1.93. The third kappa shape index (κ3) is 3.59. The van der Waals surface area contributed by atoms with Crippen LogP contribution in [-0.2, 0) is 13.6 Å². The van der Waals surface area contributed by atoms with Crippen LogP contribution < -0.4 is 5.32 Å². The Bertz CT molecular complexity index is 300. The first-order valence-corrected chi connectivity index (χ1v) is 6.40. The Morgan fingerprint density at radius 3 is 2.69 bits per heavy atom. The molecule has 4 heteroatoms. The van der Waals surface area contributed by atoms with E-state index in [4.69, 9.17) is 0 Å². The fourth-order valence-corrected chi connectivity index (χ4v) is 2.42. The van der Waals surface area contributed by atoms with Gasteiger partial charge in [-0.15, -0.1) is 0 Å². The molecule has 1 heterocycles. The predicted molar refractivity (Wildman–Crippen MR) is 63.9 cm³/mol. The van der Waals surface area contributed by atoms with Crippen molar-refractivity contribution in [3.63, 3.8) is 0 Å². The molecule has 0 bridgehead atoms. The van der Waals surface area contributed by atoms with Crippen molar-refractivity contribution in [1.82, 2.24) is 20.1 Å². The van der Waals surface area contributed by atoms with E-state index in [1.165, 1.54) is 38.5 Å². The Morgan fingerprint density at radius 2 is 2.06 bits per heavy atom. The fraction of sp³-hybridized carbons (Fsp3) is 0.833. The minimum atomic E-state index is 0.803. The molecule has 1 aliphatic carbocycles. The average Bonchev–Trinajstić information content (AvgIpc) is 2.54. The summed E-state index contributed by atoms with van der Waals surface area (Å²) >= 11 is 0. The summed E-state index contributed by atoms with van der Waals surface area (Å²) in [5.74, 6) is 1.77. The van der Waals surface area contributed by atoms with Crippen molar-refractivity contribution in [1.29, 1.82) is 0 Å². The lowest BCUT2D eigenvalue weighted by atomic mass is 10.0. The maximum Gasteiger partial charge on any atom is 0.164 e. The van der Waals surface area contributed by atoms with Crippen molar-refractivity contribution < 1.29 is 0 Å². The van der Waals surface area contributed by atoms with Crippen LogP contribution in [0.25, 0.3) is 0 Å². The Labute approximate surface area is 97.5 Å². The highest BCUT2D eigenvalue weighted by molar-refractivity contribution is 4.80. The smallest absolute Gasteiger partial charge is 0.164 e. The fourth-order valence-electron chi connectivity index (χ4n) is 2.42. The maximum atomic E-state index is 4.25. The Morgan fingerprint density at radius 1 is 1.31 bits per heavy atom. The molecule has 4 nitrogen and oxygen atoms in total. The topological polar surface area (TPSA) is 42.7 Å². The van der Waals surface area contributed by atoms with E-state index in [2.05, 4.69) is 15.4 Å². The monoisotopic (exact) mass is 222 g/mol. The van der Waals surface area contributed by atoms with Crippen molar-refractivity contribution >= 4 is 0 Å². The second-order valence-electron chi connectivity index (χ2n) is 4.82. The van der Waals surface area contributed by atoms with Gasteiger partial charge in [0.25, 0.3) is 0 Å². The Balaban J connectivity index is 1.67. The number of aryl methyl sites for hydroxylation is 1. The predicted octanol–water partition coefficient (Wildman–Crippen LogP) is 1.88. The summed E-state index contributed by atoms with van der Waals surface area (Å²) in [6, 6.07) is 0. The minimum absolute atomic E-state index is 0.803. The van der Waals surface area contributed by atoms with E-state index in [1.807, 2.05) is 7.05 Å². The van der Waals surface area contributed by atoms with Crippen LogP contribution in [0.3, 0.4) is 0 Å². The van der Waals surface area contributed by atoms with E-state index < -0.39 is 0 Å². The highest BCUT2D eigenvalue weighted by atomic mass is 15.3. The number of aromatic nitrogens is 3. The van der Waals surface area contributed by atoms with E-state index in [1.54, 1.807) is 11.0 Å². The highest BCUT2D eigenvalue weighted by Crippen LogP contribution is 2.21. The first kappa shape index (κ1) is 11.6. The van der Waals surface area contributed by atoms with Crippen LogP contribution in [0, 0.1) is 5.92 Å². The van der Waals surface area contributed by atoms with Crippen molar-refractivity contribution in [2.24, 2.45) is 13.0 Å². The summed E-state index contributed by atoms with van der Waals surface area (Å²) in [4.78, 5) is 4.21. The lowest BCUT2D eigenvalue weighted by Gasteiger charge is -2.13. The molecule has 0 saturated heterocycles. The van der Waals surface area contributed by atoms with Crippen molar-refractivity contribution in [2.45, 2.75) is 45.1 Å². The summed E-state index contributed by atoms with van der Waals surface area (Å²) in [6.07, 6.45) is 10.2. The van der Waals surface area contributed by atoms with Crippen molar-refractivity contribution in [3.05, 3.63) is 12.2 Å². The maximum absolute atomic E-state index is 4.25. The molecule has 0 radical (unpaired) electrons. The molecule has 0 aromatic carbocycles. The minimum Gasteiger partial charge on any atom is -0.310 e. The van der Waals surface area contributed by atoms with Crippen molar-refractivity contribution in [3.8, 4) is 0 Å². The van der Waals surface area contributed by atoms with Crippen LogP contribution in [0.4, 0.5) is 0 Å². The van der Waals surface area contributed by atoms with Crippen LogP contribution in [0.1, 0.15) is 44.3 Å². The van der Waals surface area contributed by atoms with Crippen LogP contribution in [0.5, 0.6) is 0 Å². The lowest BCUT2D eigenvalue weighted by Crippen LogP contribution is -2.22. The zero-order chi connectivity index (χ0) is 11.2. The Kier molecular flexibility index (Phi) is 4.34. The summed E-state index contributed by atoms with van der Waals surface area (Å²) in [7, 11) is 1.90. The van der Waals surface area contributed by atoms with E-state index in [9.17, 15) is 0 Å². The largest absolute Gasteiger partial charge is 0.310 e. The Hall–Kier alpha value is -0.900. The molecule has 1 saturated carbocycles. The number of hydrogen-bond donors (Lipinski definition) is 1. The van der Waals surface area contributed by atoms with Crippen LogP contribution in [0.15, 0.2) is 6.33 Å². The highest BCUT2D eigenvalue weighted by Gasteiger charge is 2.11. The molecule has 1 aromatic heterocycles. The third-order valence-electron chi connectivity index (χ3n) is 3.34. The van der Waals surface area contributed by atoms with Gasteiger partial charge in [0.15, 0.2) is 5.82 Å². The lowest BCUT2D eigenvalue weighted by molar-refractivity contribution is 0.422. The van der Waals surface area contributed by atoms with Crippen LogP contribution in [0.2, 0.25) is 0 Å². The molecule has 0 atom stereocenters. The van der Waals surface area contributed by atoms with Crippen LogP contribution in [-0.4, -0.2) is 21.3 Å². The zero-order valence-corrected chi connectivity index (χ0v) is 10.2.